The Labute approximate surface area is 101 Å². The Hall–Kier alpha value is 0.752. The third-order valence-electron chi connectivity index (χ3n) is 1.25. The zero-order valence-electron chi connectivity index (χ0n) is 10.7. The molecule has 0 radical (unpaired) electrons. The van der Waals surface area contributed by atoms with Gasteiger partial charge in [-0.15, -0.1) is 0 Å². The molecule has 1 rings (SSSR count). The fraction of sp³-hybridized carbons (Fsp3) is 0.250. The topological polar surface area (TPSA) is 0 Å². The molecule has 10 heavy (non-hydrogen) atoms. The van der Waals surface area contributed by atoms with Gasteiger partial charge in [0.2, 0.25) is 0 Å². The summed E-state index contributed by atoms with van der Waals surface area (Å²) in [6.45, 7) is 2.16. The molecule has 50 valence electrons. The zero-order chi connectivity index (χ0) is 5.82. The Kier molecular flexibility index (Phi) is 10.5. The Balaban J connectivity index is -0.0000000267. The molecule has 0 heterocycles. The fourth-order valence-electron chi connectivity index (χ4n) is 0.714. The molecule has 0 bridgehead atoms. The first-order chi connectivity index (χ1) is 3.93. The second kappa shape index (κ2) is 7.86. The normalized spacial score (nSPS) is 7.30. The number of rotatable bonds is 1. The summed E-state index contributed by atoms with van der Waals surface area (Å²) in [5.41, 5.74) is 1.41. The van der Waals surface area contributed by atoms with Crippen LogP contribution in [-0.4, -0.2) is 17.4 Å². The van der Waals surface area contributed by atoms with Crippen molar-refractivity contribution in [1.29, 1.82) is 0 Å². The summed E-state index contributed by atoms with van der Waals surface area (Å²) in [6, 6.07) is 10.5. The first-order valence-corrected chi connectivity index (χ1v) is 2.97. The minimum absolute atomic E-state index is 0. The van der Waals surface area contributed by atoms with Gasteiger partial charge in [0.15, 0.2) is 0 Å². The molecule has 0 N–H and O–H groups in total. The zero-order valence-corrected chi connectivity index (χ0v) is 9.83. The Morgan fingerprint density at radius 3 is 2.00 bits per heavy atom. The summed E-state index contributed by atoms with van der Waals surface area (Å²) in [4.78, 5) is 0. The Bertz CT molecular complexity index is 163. The molecule has 1 aromatic carbocycles. The summed E-state index contributed by atoms with van der Waals surface area (Å²) in [7, 11) is 0. The quantitative estimate of drug-likeness (QED) is 0.478. The maximum atomic E-state index is 2.16. The van der Waals surface area contributed by atoms with Gasteiger partial charge in [-0.3, -0.25) is 0 Å². The molecule has 0 spiro atoms. The van der Waals surface area contributed by atoms with Crippen LogP contribution in [0.25, 0.3) is 0 Å². The maximum absolute atomic E-state index is 2.16. The van der Waals surface area contributed by atoms with Crippen LogP contribution in [0.2, 0.25) is 0 Å². The van der Waals surface area contributed by atoms with Crippen LogP contribution in [-0.2, 0) is 6.42 Å². The molecule has 0 saturated carbocycles. The number of aryl methyl sites for hydroxylation is 1. The van der Waals surface area contributed by atoms with E-state index in [1.165, 1.54) is 5.56 Å². The molecule has 1 aromatic rings. The van der Waals surface area contributed by atoms with E-state index in [2.05, 4.69) is 31.2 Å². The maximum Gasteiger partial charge on any atom is 3.00 e. The van der Waals surface area contributed by atoms with Crippen molar-refractivity contribution in [3.8, 4) is 0 Å². The second-order valence-corrected chi connectivity index (χ2v) is 1.84. The van der Waals surface area contributed by atoms with E-state index in [1.54, 1.807) is 0 Å². The van der Waals surface area contributed by atoms with Gasteiger partial charge in [0.05, 0.1) is 0 Å². The van der Waals surface area contributed by atoms with Crippen LogP contribution in [0.3, 0.4) is 0 Å². The van der Waals surface area contributed by atoms with Gasteiger partial charge in [-0.1, -0.05) is 37.3 Å². The molecule has 2 heteroatoms. The molecule has 0 aliphatic heterocycles. The van der Waals surface area contributed by atoms with Crippen molar-refractivity contribution < 1.29 is 35.3 Å². The third kappa shape index (κ3) is 4.55. The minimum Gasteiger partial charge on any atom is -1.00 e. The summed E-state index contributed by atoms with van der Waals surface area (Å²) in [6.07, 6.45) is 1.14. The van der Waals surface area contributed by atoms with E-state index in [1.807, 2.05) is 6.07 Å². The van der Waals surface area contributed by atoms with Gasteiger partial charge in [0, 0.05) is 0 Å². The number of benzene rings is 1. The summed E-state index contributed by atoms with van der Waals surface area (Å²) in [5, 5.41) is 0. The molecular formula is C8H14AlNa. The fourth-order valence-corrected chi connectivity index (χ4v) is 0.714. The van der Waals surface area contributed by atoms with E-state index in [0.29, 0.717) is 0 Å². The molecule has 0 aliphatic rings. The van der Waals surface area contributed by atoms with E-state index < -0.39 is 0 Å². The Morgan fingerprint density at radius 1 is 1.20 bits per heavy atom. The number of hydrogen-bond donors (Lipinski definition) is 0. The molecule has 0 unspecified atom stereocenters. The monoisotopic (exact) mass is 160 g/mol. The van der Waals surface area contributed by atoms with Crippen LogP contribution in [0.15, 0.2) is 30.3 Å². The molecule has 0 aromatic heterocycles. The average molecular weight is 160 g/mol. The SMILES string of the molecule is CCc1ccccc1.[Al+3].[H-].[H-].[H-].[H-].[Na+]. The van der Waals surface area contributed by atoms with Crippen molar-refractivity contribution in [2.45, 2.75) is 13.3 Å². The van der Waals surface area contributed by atoms with Gasteiger partial charge in [-0.2, -0.15) is 0 Å². The van der Waals surface area contributed by atoms with Gasteiger partial charge >= 0.3 is 46.9 Å². The van der Waals surface area contributed by atoms with Crippen LogP contribution in [0.1, 0.15) is 18.2 Å². The van der Waals surface area contributed by atoms with Crippen molar-refractivity contribution in [3.05, 3.63) is 35.9 Å². The average Bonchev–Trinajstić information content (AvgIpc) is 1.90. The standard InChI is InChI=1S/C8H10.Al.Na.4H/c1-2-8-6-4-3-5-7-8;;;;;;/h3-7H,2H2,1H3;;;;;;/q;+3;+1;4*-1. The molecule has 0 atom stereocenters. The first-order valence-electron chi connectivity index (χ1n) is 2.97. The van der Waals surface area contributed by atoms with Crippen LogP contribution in [0.5, 0.6) is 0 Å². The van der Waals surface area contributed by atoms with Crippen LogP contribution in [0, 0.1) is 0 Å². The molecule has 0 nitrogen and oxygen atoms in total. The third-order valence-corrected chi connectivity index (χ3v) is 1.25. The van der Waals surface area contributed by atoms with Crippen LogP contribution < -0.4 is 29.6 Å². The van der Waals surface area contributed by atoms with Gasteiger partial charge in [-0.25, -0.2) is 0 Å². The largest absolute Gasteiger partial charge is 3.00 e. The van der Waals surface area contributed by atoms with Crippen molar-refractivity contribution >= 4 is 17.4 Å². The van der Waals surface area contributed by atoms with Crippen molar-refractivity contribution in [2.24, 2.45) is 0 Å². The van der Waals surface area contributed by atoms with Gasteiger partial charge in [-0.05, 0) is 12.0 Å². The van der Waals surface area contributed by atoms with Gasteiger partial charge < -0.3 is 5.71 Å². The number of hydrogen-bond acceptors (Lipinski definition) is 0. The van der Waals surface area contributed by atoms with Gasteiger partial charge in [0.1, 0.15) is 0 Å². The van der Waals surface area contributed by atoms with Crippen LogP contribution >= 0.6 is 0 Å². The first kappa shape index (κ1) is 13.3. The van der Waals surface area contributed by atoms with Crippen molar-refractivity contribution in [3.63, 3.8) is 0 Å². The predicted octanol–water partition coefficient (Wildman–Crippen LogP) is -0.678. The van der Waals surface area contributed by atoms with E-state index >= 15 is 0 Å². The summed E-state index contributed by atoms with van der Waals surface area (Å²) in [5.74, 6) is 0. The van der Waals surface area contributed by atoms with E-state index in [4.69, 9.17) is 0 Å². The Morgan fingerprint density at radius 2 is 1.70 bits per heavy atom. The second-order valence-electron chi connectivity index (χ2n) is 1.84. The molecular weight excluding hydrogens is 146 g/mol. The minimum atomic E-state index is 0. The molecule has 0 aliphatic carbocycles. The van der Waals surface area contributed by atoms with Gasteiger partial charge in [0.25, 0.3) is 0 Å². The molecule has 0 amide bonds. The summed E-state index contributed by atoms with van der Waals surface area (Å²) >= 11 is 0. The van der Waals surface area contributed by atoms with E-state index in [-0.39, 0.29) is 52.6 Å². The van der Waals surface area contributed by atoms with Crippen molar-refractivity contribution in [2.75, 3.05) is 0 Å². The smallest absolute Gasteiger partial charge is 1.00 e. The predicted molar refractivity (Wildman–Crippen MR) is 46.0 cm³/mol. The summed E-state index contributed by atoms with van der Waals surface area (Å²) < 4.78 is 0. The molecule has 0 saturated heterocycles. The van der Waals surface area contributed by atoms with E-state index in [0.717, 1.165) is 6.42 Å². The van der Waals surface area contributed by atoms with Crippen LogP contribution in [0.4, 0.5) is 0 Å². The molecule has 0 fully saturated rings. The van der Waals surface area contributed by atoms with Crippen molar-refractivity contribution in [1.82, 2.24) is 0 Å². The van der Waals surface area contributed by atoms with E-state index in [9.17, 15) is 0 Å².